The van der Waals surface area contributed by atoms with E-state index in [2.05, 4.69) is 0 Å². The number of hydrogen-bond acceptors (Lipinski definition) is 4. The van der Waals surface area contributed by atoms with Gasteiger partial charge in [-0.3, -0.25) is 4.79 Å². The maximum Gasteiger partial charge on any atom is 0.407 e. The third kappa shape index (κ3) is 4.06. The van der Waals surface area contributed by atoms with Crippen LogP contribution in [0.25, 0.3) is 0 Å². The fourth-order valence-electron chi connectivity index (χ4n) is 1.58. The van der Waals surface area contributed by atoms with E-state index in [1.165, 1.54) is 4.90 Å². The molecule has 1 aliphatic rings. The van der Waals surface area contributed by atoms with Crippen molar-refractivity contribution in [3.8, 4) is 0 Å². The van der Waals surface area contributed by atoms with Gasteiger partial charge in [0, 0.05) is 13.0 Å². The largest absolute Gasteiger partial charge is 0.466 e. The zero-order chi connectivity index (χ0) is 12.0. The van der Waals surface area contributed by atoms with E-state index in [4.69, 9.17) is 14.6 Å². The number of ether oxygens (including phenoxy) is 2. The molecule has 0 radical (unpaired) electrons. The highest BCUT2D eigenvalue weighted by Gasteiger charge is 2.24. The Morgan fingerprint density at radius 3 is 2.94 bits per heavy atom. The number of esters is 1. The number of carbonyl (C=O) groups is 2. The van der Waals surface area contributed by atoms with Gasteiger partial charge >= 0.3 is 12.1 Å². The number of amides is 1. The van der Waals surface area contributed by atoms with Crippen molar-refractivity contribution < 1.29 is 24.2 Å². The molecule has 1 aliphatic heterocycles. The summed E-state index contributed by atoms with van der Waals surface area (Å²) in [6, 6.07) is 0. The predicted molar refractivity (Wildman–Crippen MR) is 55.2 cm³/mol. The highest BCUT2D eigenvalue weighted by molar-refractivity contribution is 5.69. The Morgan fingerprint density at radius 2 is 2.31 bits per heavy atom. The maximum absolute atomic E-state index is 11.1. The van der Waals surface area contributed by atoms with Crippen molar-refractivity contribution in [1.82, 2.24) is 4.90 Å². The van der Waals surface area contributed by atoms with E-state index in [-0.39, 0.29) is 18.5 Å². The fourth-order valence-corrected chi connectivity index (χ4v) is 1.58. The lowest BCUT2D eigenvalue weighted by Gasteiger charge is -2.30. The standard InChI is InChI=1S/C10H17NO5/c1-2-15-9(12)4-3-8-7-11(10(13)14)5-6-16-8/h8H,2-7H2,1H3,(H,13,14). The van der Waals surface area contributed by atoms with Crippen LogP contribution in [0, 0.1) is 0 Å². The van der Waals surface area contributed by atoms with Crippen molar-refractivity contribution in [1.29, 1.82) is 0 Å². The highest BCUT2D eigenvalue weighted by atomic mass is 16.5. The van der Waals surface area contributed by atoms with Gasteiger partial charge in [-0.25, -0.2) is 4.79 Å². The second-order valence-corrected chi connectivity index (χ2v) is 3.57. The first-order chi connectivity index (χ1) is 7.63. The lowest BCUT2D eigenvalue weighted by molar-refractivity contribution is -0.144. The first-order valence-corrected chi connectivity index (χ1v) is 5.38. The highest BCUT2D eigenvalue weighted by Crippen LogP contribution is 2.11. The summed E-state index contributed by atoms with van der Waals surface area (Å²) in [4.78, 5) is 23.1. The average Bonchev–Trinajstić information content (AvgIpc) is 2.27. The minimum Gasteiger partial charge on any atom is -0.466 e. The van der Waals surface area contributed by atoms with Crippen LogP contribution in [0.5, 0.6) is 0 Å². The first-order valence-electron chi connectivity index (χ1n) is 5.38. The molecule has 0 bridgehead atoms. The van der Waals surface area contributed by atoms with E-state index in [1.54, 1.807) is 6.92 Å². The number of carbonyl (C=O) groups excluding carboxylic acids is 1. The Hall–Kier alpha value is -1.30. The van der Waals surface area contributed by atoms with Gasteiger partial charge in [-0.15, -0.1) is 0 Å². The molecule has 0 aromatic heterocycles. The molecular weight excluding hydrogens is 214 g/mol. The molecule has 1 heterocycles. The molecule has 0 aromatic rings. The monoisotopic (exact) mass is 231 g/mol. The Morgan fingerprint density at radius 1 is 1.56 bits per heavy atom. The summed E-state index contributed by atoms with van der Waals surface area (Å²) in [5, 5.41) is 8.80. The number of hydrogen-bond donors (Lipinski definition) is 1. The second-order valence-electron chi connectivity index (χ2n) is 3.57. The molecule has 1 rings (SSSR count). The summed E-state index contributed by atoms with van der Waals surface area (Å²) in [6.45, 7) is 3.23. The maximum atomic E-state index is 11.1. The van der Waals surface area contributed by atoms with E-state index in [9.17, 15) is 9.59 Å². The third-order valence-electron chi connectivity index (χ3n) is 2.39. The molecule has 16 heavy (non-hydrogen) atoms. The van der Waals surface area contributed by atoms with Crippen molar-refractivity contribution >= 4 is 12.1 Å². The van der Waals surface area contributed by atoms with Gasteiger partial charge in [-0.05, 0) is 13.3 Å². The van der Waals surface area contributed by atoms with Gasteiger partial charge in [0.2, 0.25) is 0 Å². The van der Waals surface area contributed by atoms with Gasteiger partial charge in [0.05, 0.1) is 25.9 Å². The summed E-state index contributed by atoms with van der Waals surface area (Å²) in [6.07, 6.45) is -0.368. The fraction of sp³-hybridized carbons (Fsp3) is 0.800. The molecule has 6 nitrogen and oxygen atoms in total. The van der Waals surface area contributed by atoms with Gasteiger partial charge in [0.25, 0.3) is 0 Å². The van der Waals surface area contributed by atoms with Crippen LogP contribution in [0.1, 0.15) is 19.8 Å². The third-order valence-corrected chi connectivity index (χ3v) is 2.39. The molecule has 0 aliphatic carbocycles. The van der Waals surface area contributed by atoms with Crippen LogP contribution in [0.2, 0.25) is 0 Å². The molecule has 1 fully saturated rings. The lowest BCUT2D eigenvalue weighted by atomic mass is 10.1. The summed E-state index contributed by atoms with van der Waals surface area (Å²) in [5.41, 5.74) is 0. The average molecular weight is 231 g/mol. The van der Waals surface area contributed by atoms with Crippen LogP contribution in [-0.4, -0.2) is 54.5 Å². The smallest absolute Gasteiger partial charge is 0.407 e. The Kier molecular flexibility index (Phi) is 5.04. The molecule has 1 atom stereocenters. The number of rotatable bonds is 4. The Bertz CT molecular complexity index is 256. The molecule has 1 saturated heterocycles. The van der Waals surface area contributed by atoms with Gasteiger partial charge < -0.3 is 19.5 Å². The van der Waals surface area contributed by atoms with Crippen molar-refractivity contribution in [2.75, 3.05) is 26.3 Å². The van der Waals surface area contributed by atoms with E-state index in [1.807, 2.05) is 0 Å². The molecule has 92 valence electrons. The van der Waals surface area contributed by atoms with Crippen molar-refractivity contribution in [3.63, 3.8) is 0 Å². The van der Waals surface area contributed by atoms with Crippen molar-refractivity contribution in [2.45, 2.75) is 25.9 Å². The molecule has 0 aromatic carbocycles. The molecule has 0 spiro atoms. The minimum atomic E-state index is -0.940. The SMILES string of the molecule is CCOC(=O)CCC1CN(C(=O)O)CCO1. The van der Waals surface area contributed by atoms with Crippen LogP contribution in [0.15, 0.2) is 0 Å². The lowest BCUT2D eigenvalue weighted by Crippen LogP contribution is -2.45. The second kappa shape index (κ2) is 6.32. The quantitative estimate of drug-likeness (QED) is 0.721. The van der Waals surface area contributed by atoms with Gasteiger partial charge in [-0.2, -0.15) is 0 Å². The molecule has 6 heteroatoms. The molecule has 1 unspecified atom stereocenters. The van der Waals surface area contributed by atoms with Crippen LogP contribution in [-0.2, 0) is 14.3 Å². The van der Waals surface area contributed by atoms with E-state index < -0.39 is 6.09 Å². The van der Waals surface area contributed by atoms with Crippen LogP contribution in [0.3, 0.4) is 0 Å². The Balaban J connectivity index is 2.26. The van der Waals surface area contributed by atoms with Crippen LogP contribution >= 0.6 is 0 Å². The topological polar surface area (TPSA) is 76.1 Å². The van der Waals surface area contributed by atoms with Crippen molar-refractivity contribution in [2.24, 2.45) is 0 Å². The molecule has 0 saturated carbocycles. The summed E-state index contributed by atoms with van der Waals surface area (Å²) >= 11 is 0. The summed E-state index contributed by atoms with van der Waals surface area (Å²) < 4.78 is 10.2. The molecular formula is C10H17NO5. The predicted octanol–water partition coefficient (Wildman–Crippen LogP) is 0.708. The Labute approximate surface area is 94.1 Å². The zero-order valence-electron chi connectivity index (χ0n) is 9.35. The number of carboxylic acid groups (broad SMARTS) is 1. The van der Waals surface area contributed by atoms with E-state index in [0.29, 0.717) is 32.7 Å². The van der Waals surface area contributed by atoms with Crippen LogP contribution in [0.4, 0.5) is 4.79 Å². The summed E-state index contributed by atoms with van der Waals surface area (Å²) in [5.74, 6) is -0.265. The number of nitrogens with zero attached hydrogens (tertiary/aromatic N) is 1. The first kappa shape index (κ1) is 12.8. The van der Waals surface area contributed by atoms with Gasteiger partial charge in [-0.1, -0.05) is 0 Å². The molecule has 1 N–H and O–H groups in total. The minimum absolute atomic E-state index is 0.200. The van der Waals surface area contributed by atoms with Gasteiger partial charge in [0.15, 0.2) is 0 Å². The molecule has 1 amide bonds. The van der Waals surface area contributed by atoms with E-state index in [0.717, 1.165) is 0 Å². The zero-order valence-corrected chi connectivity index (χ0v) is 9.35. The number of morpholine rings is 1. The summed E-state index contributed by atoms with van der Waals surface area (Å²) in [7, 11) is 0. The van der Waals surface area contributed by atoms with Gasteiger partial charge in [0.1, 0.15) is 0 Å². The van der Waals surface area contributed by atoms with Crippen LogP contribution < -0.4 is 0 Å². The van der Waals surface area contributed by atoms with Crippen molar-refractivity contribution in [3.05, 3.63) is 0 Å². The van der Waals surface area contributed by atoms with E-state index >= 15 is 0 Å². The normalized spacial score (nSPS) is 20.6.